The number of furan rings is 1. The Balaban J connectivity index is 1.89. The summed E-state index contributed by atoms with van der Waals surface area (Å²) in [6.45, 7) is 0. The molecule has 0 radical (unpaired) electrons. The van der Waals surface area contributed by atoms with E-state index in [2.05, 4.69) is 0 Å². The second kappa shape index (κ2) is 5.69. The first-order valence-corrected chi connectivity index (χ1v) is 6.68. The Bertz CT molecular complexity index is 854. The molecular weight excluding hydrogens is 280 g/mol. The molecule has 22 heavy (non-hydrogen) atoms. The number of allylic oxidation sites excluding steroid dienone is 1. The summed E-state index contributed by atoms with van der Waals surface area (Å²) in [5, 5.41) is 9.96. The first-order valence-electron chi connectivity index (χ1n) is 6.68. The molecule has 1 aromatic heterocycles. The Morgan fingerprint density at radius 1 is 1.00 bits per heavy atom. The van der Waals surface area contributed by atoms with Crippen LogP contribution in [0.4, 0.5) is 0 Å². The van der Waals surface area contributed by atoms with Gasteiger partial charge in [0.15, 0.2) is 5.76 Å². The van der Waals surface area contributed by atoms with E-state index in [-0.39, 0.29) is 17.1 Å². The average Bonchev–Trinajstić information content (AvgIpc) is 2.97. The van der Waals surface area contributed by atoms with Gasteiger partial charge in [0.25, 0.3) is 0 Å². The summed E-state index contributed by atoms with van der Waals surface area (Å²) in [6, 6.07) is 15.5. The first kappa shape index (κ1) is 13.8. The molecular formula is C18H12O4. The van der Waals surface area contributed by atoms with E-state index < -0.39 is 5.97 Å². The molecule has 0 aliphatic heterocycles. The van der Waals surface area contributed by atoms with Gasteiger partial charge in [0.2, 0.25) is 5.78 Å². The van der Waals surface area contributed by atoms with Gasteiger partial charge in [0.1, 0.15) is 5.58 Å². The molecule has 4 heteroatoms. The van der Waals surface area contributed by atoms with Gasteiger partial charge in [0.05, 0.1) is 5.56 Å². The van der Waals surface area contributed by atoms with Crippen LogP contribution in [0.2, 0.25) is 0 Å². The summed E-state index contributed by atoms with van der Waals surface area (Å²) >= 11 is 0. The second-order valence-electron chi connectivity index (χ2n) is 4.74. The molecule has 1 N–H and O–H groups in total. The number of para-hydroxylation sites is 1. The fourth-order valence-electron chi connectivity index (χ4n) is 2.19. The maximum Gasteiger partial charge on any atom is 0.336 e. The lowest BCUT2D eigenvalue weighted by Crippen LogP contribution is -1.99. The van der Waals surface area contributed by atoms with Gasteiger partial charge < -0.3 is 9.52 Å². The minimum Gasteiger partial charge on any atom is -0.478 e. The summed E-state index contributed by atoms with van der Waals surface area (Å²) < 4.78 is 5.48. The van der Waals surface area contributed by atoms with E-state index in [4.69, 9.17) is 9.52 Å². The highest BCUT2D eigenvalue weighted by atomic mass is 16.4. The molecule has 0 aliphatic carbocycles. The molecule has 4 nitrogen and oxygen atoms in total. The highest BCUT2D eigenvalue weighted by Crippen LogP contribution is 2.20. The first-order chi connectivity index (χ1) is 10.6. The Kier molecular flexibility index (Phi) is 3.58. The van der Waals surface area contributed by atoms with E-state index in [0.29, 0.717) is 11.1 Å². The van der Waals surface area contributed by atoms with Crippen molar-refractivity contribution < 1.29 is 19.1 Å². The van der Waals surface area contributed by atoms with Crippen LogP contribution in [0, 0.1) is 0 Å². The van der Waals surface area contributed by atoms with E-state index >= 15 is 0 Å². The van der Waals surface area contributed by atoms with Crippen LogP contribution in [0.5, 0.6) is 0 Å². The van der Waals surface area contributed by atoms with E-state index in [9.17, 15) is 9.59 Å². The zero-order valence-electron chi connectivity index (χ0n) is 11.5. The van der Waals surface area contributed by atoms with Crippen molar-refractivity contribution in [1.82, 2.24) is 0 Å². The molecule has 108 valence electrons. The van der Waals surface area contributed by atoms with Crippen LogP contribution in [-0.2, 0) is 0 Å². The Morgan fingerprint density at radius 2 is 1.73 bits per heavy atom. The highest BCUT2D eigenvalue weighted by Gasteiger charge is 2.10. The van der Waals surface area contributed by atoms with Gasteiger partial charge in [-0.2, -0.15) is 0 Å². The lowest BCUT2D eigenvalue weighted by atomic mass is 10.1. The van der Waals surface area contributed by atoms with Crippen molar-refractivity contribution in [3.8, 4) is 0 Å². The molecule has 0 spiro atoms. The summed E-state index contributed by atoms with van der Waals surface area (Å²) in [7, 11) is 0. The highest BCUT2D eigenvalue weighted by molar-refractivity contribution is 6.07. The number of hydrogen-bond acceptors (Lipinski definition) is 3. The topological polar surface area (TPSA) is 67.5 Å². The van der Waals surface area contributed by atoms with E-state index in [1.54, 1.807) is 30.3 Å². The number of benzene rings is 2. The number of ketones is 1. The molecule has 0 fully saturated rings. The number of rotatable bonds is 4. The van der Waals surface area contributed by atoms with Crippen molar-refractivity contribution in [3.63, 3.8) is 0 Å². The Morgan fingerprint density at radius 3 is 2.50 bits per heavy atom. The van der Waals surface area contributed by atoms with Crippen LogP contribution in [0.3, 0.4) is 0 Å². The number of carboxylic acids is 1. The zero-order chi connectivity index (χ0) is 15.5. The molecule has 0 bridgehead atoms. The predicted octanol–water partition coefficient (Wildman–Crippen LogP) is 4.03. The van der Waals surface area contributed by atoms with Crippen molar-refractivity contribution in [3.05, 3.63) is 77.6 Å². The molecule has 3 rings (SSSR count). The van der Waals surface area contributed by atoms with Crippen molar-refractivity contribution >= 4 is 28.8 Å². The standard InChI is InChI=1S/C18H12O4/c19-15(17-11-13-6-2-4-8-16(13)22-17)10-9-12-5-1-3-7-14(12)18(20)21/h1-11H,(H,20,21). The van der Waals surface area contributed by atoms with Crippen molar-refractivity contribution in [2.24, 2.45) is 0 Å². The summed E-state index contributed by atoms with van der Waals surface area (Å²) in [6.07, 6.45) is 2.80. The van der Waals surface area contributed by atoms with Crippen LogP contribution in [0.15, 0.2) is 65.1 Å². The molecule has 0 saturated heterocycles. The summed E-state index contributed by atoms with van der Waals surface area (Å²) in [5.74, 6) is -1.11. The van der Waals surface area contributed by atoms with Gasteiger partial charge in [-0.3, -0.25) is 4.79 Å². The number of carbonyl (C=O) groups excluding carboxylic acids is 1. The number of fused-ring (bicyclic) bond motifs is 1. The SMILES string of the molecule is O=C(C=Cc1ccccc1C(=O)O)c1cc2ccccc2o1. The van der Waals surface area contributed by atoms with E-state index in [1.165, 1.54) is 18.2 Å². The fraction of sp³-hybridized carbons (Fsp3) is 0. The number of carbonyl (C=O) groups is 2. The normalized spacial score (nSPS) is 11.1. The van der Waals surface area contributed by atoms with Crippen LogP contribution in [0.1, 0.15) is 26.5 Å². The average molecular weight is 292 g/mol. The van der Waals surface area contributed by atoms with Gasteiger partial charge >= 0.3 is 5.97 Å². The minimum atomic E-state index is -1.03. The van der Waals surface area contributed by atoms with Gasteiger partial charge in [-0.05, 0) is 29.8 Å². The molecule has 0 atom stereocenters. The van der Waals surface area contributed by atoms with Crippen LogP contribution in [0.25, 0.3) is 17.0 Å². The van der Waals surface area contributed by atoms with Crippen LogP contribution in [-0.4, -0.2) is 16.9 Å². The monoisotopic (exact) mass is 292 g/mol. The van der Waals surface area contributed by atoms with Crippen LogP contribution < -0.4 is 0 Å². The molecule has 2 aromatic carbocycles. The number of carboxylic acid groups (broad SMARTS) is 1. The predicted molar refractivity (Wildman–Crippen MR) is 83.0 cm³/mol. The zero-order valence-corrected chi connectivity index (χ0v) is 11.5. The van der Waals surface area contributed by atoms with Gasteiger partial charge in [-0.1, -0.05) is 42.5 Å². The fourth-order valence-corrected chi connectivity index (χ4v) is 2.19. The molecule has 0 amide bonds. The van der Waals surface area contributed by atoms with Gasteiger partial charge in [-0.25, -0.2) is 4.79 Å². The van der Waals surface area contributed by atoms with Crippen LogP contribution >= 0.6 is 0 Å². The quantitative estimate of drug-likeness (QED) is 0.582. The lowest BCUT2D eigenvalue weighted by molar-refractivity contribution is 0.0696. The Labute approximate surface area is 126 Å². The number of aromatic carboxylic acids is 1. The third-order valence-electron chi connectivity index (χ3n) is 3.27. The van der Waals surface area contributed by atoms with Gasteiger partial charge in [-0.15, -0.1) is 0 Å². The minimum absolute atomic E-state index is 0.149. The van der Waals surface area contributed by atoms with Crippen molar-refractivity contribution in [2.75, 3.05) is 0 Å². The van der Waals surface area contributed by atoms with Crippen molar-refractivity contribution in [2.45, 2.75) is 0 Å². The molecule has 0 saturated carbocycles. The molecule has 0 unspecified atom stereocenters. The largest absolute Gasteiger partial charge is 0.478 e. The molecule has 0 aliphatic rings. The molecule has 1 heterocycles. The third kappa shape index (κ3) is 2.67. The van der Waals surface area contributed by atoms with E-state index in [0.717, 1.165) is 5.39 Å². The van der Waals surface area contributed by atoms with Crippen molar-refractivity contribution in [1.29, 1.82) is 0 Å². The summed E-state index contributed by atoms with van der Waals surface area (Å²) in [5.41, 5.74) is 1.26. The molecule has 3 aromatic rings. The smallest absolute Gasteiger partial charge is 0.336 e. The number of hydrogen-bond donors (Lipinski definition) is 1. The Hall–Kier alpha value is -3.14. The third-order valence-corrected chi connectivity index (χ3v) is 3.27. The van der Waals surface area contributed by atoms with E-state index in [1.807, 2.05) is 18.2 Å². The second-order valence-corrected chi connectivity index (χ2v) is 4.74. The maximum absolute atomic E-state index is 12.1. The summed E-state index contributed by atoms with van der Waals surface area (Å²) in [4.78, 5) is 23.3. The lowest BCUT2D eigenvalue weighted by Gasteiger charge is -1.99. The maximum atomic E-state index is 12.1. The van der Waals surface area contributed by atoms with Gasteiger partial charge in [0, 0.05) is 5.39 Å².